The minimum Gasteiger partial charge on any atom is -0.308 e. The summed E-state index contributed by atoms with van der Waals surface area (Å²) in [4.78, 5) is 14.1. The van der Waals surface area contributed by atoms with E-state index >= 15 is 0 Å². The third-order valence-electron chi connectivity index (χ3n) is 2.70. The highest BCUT2D eigenvalue weighted by Gasteiger charge is 2.29. The van der Waals surface area contributed by atoms with E-state index in [1.54, 1.807) is 0 Å². The topological polar surface area (TPSA) is 20.3 Å². The van der Waals surface area contributed by atoms with E-state index in [-0.39, 0.29) is 11.3 Å². The van der Waals surface area contributed by atoms with Crippen LogP contribution in [0, 0.1) is 5.41 Å². The van der Waals surface area contributed by atoms with Crippen LogP contribution in [0.15, 0.2) is 30.3 Å². The molecule has 2 heteroatoms. The summed E-state index contributed by atoms with van der Waals surface area (Å²) in [6.45, 7) is 6.54. The van der Waals surface area contributed by atoms with Gasteiger partial charge in [0, 0.05) is 12.0 Å². The normalized spacial score (nSPS) is 14.8. The van der Waals surface area contributed by atoms with E-state index in [9.17, 15) is 4.79 Å². The molecular formula is C14H17NO. The lowest BCUT2D eigenvalue weighted by atomic mass is 9.93. The fourth-order valence-electron chi connectivity index (χ4n) is 1.85. The number of nitrogens with zero attached hydrogens (tertiary/aromatic N) is 1. The Hall–Kier alpha value is -1.57. The number of hydrogen-bond donors (Lipinski definition) is 0. The predicted octanol–water partition coefficient (Wildman–Crippen LogP) is 3.09. The molecule has 1 aliphatic rings. The second-order valence-corrected chi connectivity index (χ2v) is 5.13. The number of hydrogen-bond acceptors (Lipinski definition) is 1. The van der Waals surface area contributed by atoms with Crippen LogP contribution in [-0.2, 0) is 4.79 Å². The van der Waals surface area contributed by atoms with Gasteiger partial charge in [0.25, 0.3) is 0 Å². The van der Waals surface area contributed by atoms with Crippen molar-refractivity contribution in [2.75, 3.05) is 11.4 Å². The molecule has 1 heterocycles. The van der Waals surface area contributed by atoms with E-state index < -0.39 is 0 Å². The number of carbonyl (C=O) groups excluding carboxylic acids is 1. The average Bonchev–Trinajstić information content (AvgIpc) is 2.26. The van der Waals surface area contributed by atoms with Gasteiger partial charge in [0.15, 0.2) is 0 Å². The molecule has 0 spiro atoms. The molecule has 0 aromatic heterocycles. The molecule has 16 heavy (non-hydrogen) atoms. The highest BCUT2D eigenvalue weighted by Crippen LogP contribution is 2.29. The minimum absolute atomic E-state index is 0.171. The number of rotatable bonds is 0. The maximum atomic E-state index is 12.3. The Morgan fingerprint density at radius 2 is 1.94 bits per heavy atom. The summed E-state index contributed by atoms with van der Waals surface area (Å²) in [5.74, 6) is 0.171. The summed E-state index contributed by atoms with van der Waals surface area (Å²) < 4.78 is 0. The first-order chi connectivity index (χ1) is 7.50. The Morgan fingerprint density at radius 3 is 2.62 bits per heavy atom. The van der Waals surface area contributed by atoms with Crippen LogP contribution in [0.4, 0.5) is 5.69 Å². The SMILES string of the molecule is CC(C)(C)C(=O)N1CC=Cc2ccccc21. The molecule has 2 nitrogen and oxygen atoms in total. The maximum absolute atomic E-state index is 12.3. The number of para-hydroxylation sites is 1. The molecule has 0 radical (unpaired) electrons. The number of amides is 1. The van der Waals surface area contributed by atoms with Gasteiger partial charge in [-0.3, -0.25) is 4.79 Å². The lowest BCUT2D eigenvalue weighted by molar-refractivity contribution is -0.125. The molecule has 0 saturated heterocycles. The van der Waals surface area contributed by atoms with Gasteiger partial charge in [-0.25, -0.2) is 0 Å². The number of anilines is 1. The molecule has 1 aromatic rings. The molecule has 0 bridgehead atoms. The largest absolute Gasteiger partial charge is 0.308 e. The molecule has 0 aliphatic carbocycles. The number of fused-ring (bicyclic) bond motifs is 1. The molecule has 1 amide bonds. The Labute approximate surface area is 96.6 Å². The molecule has 2 rings (SSSR count). The highest BCUT2D eigenvalue weighted by molar-refractivity contribution is 5.99. The average molecular weight is 215 g/mol. The van der Waals surface area contributed by atoms with Crippen molar-refractivity contribution >= 4 is 17.7 Å². The van der Waals surface area contributed by atoms with Crippen LogP contribution < -0.4 is 4.90 Å². The third kappa shape index (κ3) is 1.87. The summed E-state index contributed by atoms with van der Waals surface area (Å²) in [5.41, 5.74) is 1.80. The molecule has 0 saturated carbocycles. The van der Waals surface area contributed by atoms with Crippen LogP contribution in [0.3, 0.4) is 0 Å². The zero-order valence-electron chi connectivity index (χ0n) is 10.0. The van der Waals surface area contributed by atoms with Crippen molar-refractivity contribution in [2.45, 2.75) is 20.8 Å². The van der Waals surface area contributed by atoms with Crippen LogP contribution in [0.25, 0.3) is 6.08 Å². The van der Waals surface area contributed by atoms with Gasteiger partial charge in [-0.15, -0.1) is 0 Å². The Morgan fingerprint density at radius 1 is 1.25 bits per heavy atom. The van der Waals surface area contributed by atoms with Gasteiger partial charge in [-0.1, -0.05) is 51.1 Å². The maximum Gasteiger partial charge on any atom is 0.232 e. The van der Waals surface area contributed by atoms with E-state index in [4.69, 9.17) is 0 Å². The standard InChI is InChI=1S/C14H17NO/c1-14(2,3)13(16)15-10-6-8-11-7-4-5-9-12(11)15/h4-9H,10H2,1-3H3. The van der Waals surface area contributed by atoms with Crippen LogP contribution in [0.5, 0.6) is 0 Å². The second kappa shape index (κ2) is 3.78. The third-order valence-corrected chi connectivity index (χ3v) is 2.70. The molecule has 0 N–H and O–H groups in total. The van der Waals surface area contributed by atoms with E-state index in [0.29, 0.717) is 6.54 Å². The van der Waals surface area contributed by atoms with Gasteiger partial charge in [-0.05, 0) is 11.6 Å². The molecule has 0 fully saturated rings. The quantitative estimate of drug-likeness (QED) is 0.651. The molecule has 84 valence electrons. The Kier molecular flexibility index (Phi) is 2.58. The Bertz CT molecular complexity index is 440. The van der Waals surface area contributed by atoms with E-state index in [2.05, 4.69) is 6.08 Å². The molecule has 0 atom stereocenters. The zero-order chi connectivity index (χ0) is 11.8. The lowest BCUT2D eigenvalue weighted by Crippen LogP contribution is -2.40. The van der Waals surface area contributed by atoms with Crippen LogP contribution in [0.1, 0.15) is 26.3 Å². The van der Waals surface area contributed by atoms with Gasteiger partial charge in [-0.2, -0.15) is 0 Å². The van der Waals surface area contributed by atoms with Gasteiger partial charge in [0.2, 0.25) is 5.91 Å². The van der Waals surface area contributed by atoms with Crippen molar-refractivity contribution in [2.24, 2.45) is 5.41 Å². The van der Waals surface area contributed by atoms with Gasteiger partial charge < -0.3 is 4.90 Å². The smallest absolute Gasteiger partial charge is 0.232 e. The number of benzene rings is 1. The lowest BCUT2D eigenvalue weighted by Gasteiger charge is -2.31. The fraction of sp³-hybridized carbons (Fsp3) is 0.357. The van der Waals surface area contributed by atoms with E-state index in [1.165, 1.54) is 0 Å². The molecule has 1 aliphatic heterocycles. The molecular weight excluding hydrogens is 198 g/mol. The summed E-state index contributed by atoms with van der Waals surface area (Å²) >= 11 is 0. The van der Waals surface area contributed by atoms with Gasteiger partial charge in [0.1, 0.15) is 0 Å². The van der Waals surface area contributed by atoms with Crippen molar-refractivity contribution < 1.29 is 4.79 Å². The predicted molar refractivity (Wildman–Crippen MR) is 67.3 cm³/mol. The van der Waals surface area contributed by atoms with Gasteiger partial charge >= 0.3 is 0 Å². The first kappa shape index (κ1) is 10.9. The minimum atomic E-state index is -0.335. The van der Waals surface area contributed by atoms with Gasteiger partial charge in [0.05, 0.1) is 5.69 Å². The molecule has 0 unspecified atom stereocenters. The van der Waals surface area contributed by atoms with Crippen molar-refractivity contribution in [3.63, 3.8) is 0 Å². The highest BCUT2D eigenvalue weighted by atomic mass is 16.2. The van der Waals surface area contributed by atoms with Crippen LogP contribution >= 0.6 is 0 Å². The number of carbonyl (C=O) groups is 1. The summed E-state index contributed by atoms with van der Waals surface area (Å²) in [6, 6.07) is 8.01. The first-order valence-corrected chi connectivity index (χ1v) is 5.58. The van der Waals surface area contributed by atoms with Crippen LogP contribution in [-0.4, -0.2) is 12.5 Å². The van der Waals surface area contributed by atoms with Crippen molar-refractivity contribution in [1.29, 1.82) is 0 Å². The summed E-state index contributed by atoms with van der Waals surface area (Å²) in [5, 5.41) is 0. The van der Waals surface area contributed by atoms with Crippen molar-refractivity contribution in [1.82, 2.24) is 0 Å². The zero-order valence-corrected chi connectivity index (χ0v) is 10.0. The van der Waals surface area contributed by atoms with Crippen molar-refractivity contribution in [3.05, 3.63) is 35.9 Å². The van der Waals surface area contributed by atoms with Crippen LogP contribution in [0.2, 0.25) is 0 Å². The summed E-state index contributed by atoms with van der Waals surface area (Å²) in [6.07, 6.45) is 4.10. The first-order valence-electron chi connectivity index (χ1n) is 5.58. The molecule has 1 aromatic carbocycles. The summed E-state index contributed by atoms with van der Waals surface area (Å²) in [7, 11) is 0. The monoisotopic (exact) mass is 215 g/mol. The Balaban J connectivity index is 2.40. The van der Waals surface area contributed by atoms with E-state index in [1.807, 2.05) is 56.0 Å². The van der Waals surface area contributed by atoms with E-state index in [0.717, 1.165) is 11.3 Å². The van der Waals surface area contributed by atoms with Crippen molar-refractivity contribution in [3.8, 4) is 0 Å². The second-order valence-electron chi connectivity index (χ2n) is 5.13. The fourth-order valence-corrected chi connectivity index (χ4v) is 1.85.